The van der Waals surface area contributed by atoms with E-state index in [1.165, 1.54) is 17.7 Å². The van der Waals surface area contributed by atoms with E-state index in [4.69, 9.17) is 20.4 Å². The van der Waals surface area contributed by atoms with E-state index in [2.05, 4.69) is 81.1 Å². The van der Waals surface area contributed by atoms with E-state index in [0.29, 0.717) is 35.6 Å². The average molecular weight is 800 g/mol. The summed E-state index contributed by atoms with van der Waals surface area (Å²) in [6.07, 6.45) is -4.07. The zero-order valence-electron chi connectivity index (χ0n) is 33.1. The second-order valence-corrected chi connectivity index (χ2v) is 14.2. The summed E-state index contributed by atoms with van der Waals surface area (Å²) in [7, 11) is 0. The van der Waals surface area contributed by atoms with Gasteiger partial charge in [0.25, 0.3) is 0 Å². The molecule has 0 saturated carbocycles. The van der Waals surface area contributed by atoms with Gasteiger partial charge >= 0.3 is 11.9 Å². The number of carbonyl (C=O) groups is 3. The number of fused-ring (bicyclic) bond motifs is 1. The number of halogens is 2. The molecule has 4 N–H and O–H groups in total. The SMILES string of the molecule is CCN(CC)CCN(Cc1ccc(-c2ccc(C(C)C)cc2)cc1)C(=O)Cn1c(CCc2cccc(F)c2F)cc(=O)c2ccccc21.O=C(O)C(O)C(O)C(=O)O. The number of amides is 1. The van der Waals surface area contributed by atoms with E-state index in [0.717, 1.165) is 42.4 Å². The molecule has 5 rings (SSSR count). The lowest BCUT2D eigenvalue weighted by molar-refractivity contribution is -0.165. The average Bonchev–Trinajstić information content (AvgIpc) is 3.22. The standard InChI is InChI=1S/C41H45F2N3O2.C4H6O6/c1-5-44(6-2)24-25-45(27-30-14-16-32(17-15-30)33-20-18-31(19-21-33)29(3)4)40(48)28-46-35(23-22-34-10-9-12-37(42)41(34)43)26-39(47)36-11-7-8-13-38(36)46;5-1(3(7)8)2(6)4(9)10/h7-21,26,29H,5-6,22-25,27-28H2,1-4H3;1-2,5-6H,(H,7,8)(H,9,10). The van der Waals surface area contributed by atoms with Gasteiger partial charge in [-0.15, -0.1) is 0 Å². The molecule has 5 aromatic rings. The predicted molar refractivity (Wildman–Crippen MR) is 218 cm³/mol. The number of likely N-dealkylation sites (N-methyl/N-ethyl adjacent to an activating group) is 1. The first-order valence-electron chi connectivity index (χ1n) is 19.2. The molecule has 0 saturated heterocycles. The molecular weight excluding hydrogens is 749 g/mol. The van der Waals surface area contributed by atoms with E-state index >= 15 is 0 Å². The normalized spacial score (nSPS) is 12.2. The molecule has 0 aliphatic carbocycles. The van der Waals surface area contributed by atoms with E-state index in [1.807, 2.05) is 21.6 Å². The van der Waals surface area contributed by atoms with Crippen LogP contribution in [0.1, 0.15) is 56.0 Å². The van der Waals surface area contributed by atoms with Gasteiger partial charge in [-0.05, 0) is 77.9 Å². The third kappa shape index (κ3) is 11.9. The molecule has 58 heavy (non-hydrogen) atoms. The van der Waals surface area contributed by atoms with Crippen molar-refractivity contribution < 1.29 is 43.6 Å². The number of aliphatic carboxylic acids is 2. The number of para-hydroxylation sites is 1. The van der Waals surface area contributed by atoms with Crippen molar-refractivity contribution in [2.75, 3.05) is 26.2 Å². The van der Waals surface area contributed by atoms with Crippen molar-refractivity contribution in [2.24, 2.45) is 0 Å². The van der Waals surface area contributed by atoms with Crippen LogP contribution >= 0.6 is 0 Å². The van der Waals surface area contributed by atoms with Gasteiger partial charge in [-0.1, -0.05) is 100 Å². The summed E-state index contributed by atoms with van der Waals surface area (Å²) >= 11 is 0. The fourth-order valence-corrected chi connectivity index (χ4v) is 6.46. The first-order chi connectivity index (χ1) is 27.6. The highest BCUT2D eigenvalue weighted by molar-refractivity contribution is 5.83. The lowest BCUT2D eigenvalue weighted by Crippen LogP contribution is -2.40. The van der Waals surface area contributed by atoms with Gasteiger partial charge in [0.1, 0.15) is 6.54 Å². The summed E-state index contributed by atoms with van der Waals surface area (Å²) in [5.41, 5.74) is 5.91. The Kier molecular flexibility index (Phi) is 16.4. The highest BCUT2D eigenvalue weighted by Crippen LogP contribution is 2.24. The monoisotopic (exact) mass is 799 g/mol. The van der Waals surface area contributed by atoms with Gasteiger partial charge in [0.2, 0.25) is 5.91 Å². The van der Waals surface area contributed by atoms with Crippen LogP contribution in [-0.4, -0.2) is 91.0 Å². The van der Waals surface area contributed by atoms with Crippen molar-refractivity contribution in [1.29, 1.82) is 0 Å². The van der Waals surface area contributed by atoms with Crippen LogP contribution in [0.2, 0.25) is 0 Å². The number of benzene rings is 4. The summed E-state index contributed by atoms with van der Waals surface area (Å²) in [5, 5.41) is 33.0. The van der Waals surface area contributed by atoms with Crippen molar-refractivity contribution in [2.45, 2.75) is 71.8 Å². The Morgan fingerprint density at radius 2 is 1.33 bits per heavy atom. The number of carboxylic acids is 2. The molecule has 0 fully saturated rings. The highest BCUT2D eigenvalue weighted by atomic mass is 19.2. The molecule has 0 aliphatic heterocycles. The van der Waals surface area contributed by atoms with Gasteiger partial charge < -0.3 is 34.8 Å². The number of hydrogen-bond donors (Lipinski definition) is 4. The Bertz CT molecular complexity index is 2200. The number of pyridine rings is 1. The number of carbonyl (C=O) groups excluding carboxylic acids is 1. The van der Waals surface area contributed by atoms with Crippen molar-refractivity contribution in [1.82, 2.24) is 14.4 Å². The number of aryl methyl sites for hydroxylation is 2. The minimum Gasteiger partial charge on any atom is -0.479 e. The second-order valence-electron chi connectivity index (χ2n) is 14.2. The minimum absolute atomic E-state index is 0.0142. The van der Waals surface area contributed by atoms with Crippen LogP contribution in [-0.2, 0) is 40.3 Å². The molecule has 4 aromatic carbocycles. The number of aliphatic hydroxyl groups is 2. The third-order valence-corrected chi connectivity index (χ3v) is 10.1. The molecule has 1 amide bonds. The van der Waals surface area contributed by atoms with Crippen LogP contribution in [0.5, 0.6) is 0 Å². The van der Waals surface area contributed by atoms with Crippen LogP contribution in [0.25, 0.3) is 22.0 Å². The molecule has 1 heterocycles. The van der Waals surface area contributed by atoms with Gasteiger partial charge in [0.15, 0.2) is 29.3 Å². The third-order valence-electron chi connectivity index (χ3n) is 10.1. The highest BCUT2D eigenvalue weighted by Gasteiger charge is 2.29. The molecule has 2 atom stereocenters. The van der Waals surface area contributed by atoms with Crippen molar-refractivity contribution in [3.8, 4) is 11.1 Å². The van der Waals surface area contributed by atoms with Crippen LogP contribution in [0.4, 0.5) is 8.78 Å². The molecular formula is C45H51F2N3O8. The molecule has 11 nitrogen and oxygen atoms in total. The summed E-state index contributed by atoms with van der Waals surface area (Å²) in [4.78, 5) is 51.1. The predicted octanol–water partition coefficient (Wildman–Crippen LogP) is 6.10. The molecule has 0 spiro atoms. The maximum atomic E-state index is 14.5. The molecule has 2 unspecified atom stereocenters. The summed E-state index contributed by atoms with van der Waals surface area (Å²) in [6.45, 7) is 12.1. The summed E-state index contributed by atoms with van der Waals surface area (Å²) in [5.74, 6) is -4.93. The summed E-state index contributed by atoms with van der Waals surface area (Å²) < 4.78 is 30.3. The van der Waals surface area contributed by atoms with E-state index in [1.54, 1.807) is 18.2 Å². The van der Waals surface area contributed by atoms with Crippen molar-refractivity contribution in [3.05, 3.63) is 141 Å². The lowest BCUT2D eigenvalue weighted by Gasteiger charge is -2.28. The number of aromatic nitrogens is 1. The molecule has 308 valence electrons. The van der Waals surface area contributed by atoms with Gasteiger partial charge in [-0.3, -0.25) is 9.59 Å². The summed E-state index contributed by atoms with van der Waals surface area (Å²) in [6, 6.07) is 29.9. The Labute approximate surface area is 336 Å². The molecule has 0 bridgehead atoms. The van der Waals surface area contributed by atoms with E-state index in [-0.39, 0.29) is 36.3 Å². The largest absolute Gasteiger partial charge is 0.479 e. The van der Waals surface area contributed by atoms with Crippen molar-refractivity contribution >= 4 is 28.7 Å². The van der Waals surface area contributed by atoms with Crippen LogP contribution < -0.4 is 5.43 Å². The van der Waals surface area contributed by atoms with Crippen LogP contribution in [0, 0.1) is 11.6 Å². The number of aliphatic hydroxyl groups excluding tert-OH is 2. The maximum Gasteiger partial charge on any atom is 0.335 e. The minimum atomic E-state index is -2.27. The number of rotatable bonds is 17. The Hall–Kier alpha value is -5.76. The van der Waals surface area contributed by atoms with Crippen LogP contribution in [0.15, 0.2) is 102 Å². The van der Waals surface area contributed by atoms with Crippen LogP contribution in [0.3, 0.4) is 0 Å². The maximum absolute atomic E-state index is 14.5. The smallest absolute Gasteiger partial charge is 0.335 e. The quantitative estimate of drug-likeness (QED) is 0.0872. The topological polar surface area (TPSA) is 161 Å². The van der Waals surface area contributed by atoms with Gasteiger partial charge in [0, 0.05) is 36.8 Å². The molecule has 1 aromatic heterocycles. The fraction of sp³-hybridized carbons (Fsp3) is 0.333. The van der Waals surface area contributed by atoms with Crippen molar-refractivity contribution in [3.63, 3.8) is 0 Å². The first-order valence-corrected chi connectivity index (χ1v) is 19.2. The van der Waals surface area contributed by atoms with Gasteiger partial charge in [-0.2, -0.15) is 0 Å². The molecule has 0 aliphatic rings. The fourth-order valence-electron chi connectivity index (χ4n) is 6.46. The van der Waals surface area contributed by atoms with E-state index < -0.39 is 35.8 Å². The van der Waals surface area contributed by atoms with Gasteiger partial charge in [0.05, 0.1) is 5.52 Å². The Morgan fingerprint density at radius 1 is 0.741 bits per heavy atom. The second kappa shape index (κ2) is 21.1. The number of carboxylic acid groups (broad SMARTS) is 2. The molecule has 13 heteroatoms. The Morgan fingerprint density at radius 3 is 1.90 bits per heavy atom. The van der Waals surface area contributed by atoms with Gasteiger partial charge in [-0.25, -0.2) is 18.4 Å². The Balaban J connectivity index is 0.000000657. The first kappa shape index (κ1) is 44.9. The lowest BCUT2D eigenvalue weighted by atomic mass is 9.98. The molecule has 0 radical (unpaired) electrons. The number of nitrogens with zero attached hydrogens (tertiary/aromatic N) is 3. The van der Waals surface area contributed by atoms with E-state index in [9.17, 15) is 28.0 Å². The zero-order valence-corrected chi connectivity index (χ0v) is 33.1. The number of hydrogen-bond acceptors (Lipinski definition) is 7. The zero-order chi connectivity index (χ0) is 42.5.